The summed E-state index contributed by atoms with van der Waals surface area (Å²) >= 11 is 0. The Labute approximate surface area is 155 Å². The third kappa shape index (κ3) is 3.03. The van der Waals surface area contributed by atoms with Crippen LogP contribution in [0, 0.1) is 5.82 Å². The van der Waals surface area contributed by atoms with E-state index < -0.39 is 0 Å². The van der Waals surface area contributed by atoms with Gasteiger partial charge in [-0.2, -0.15) is 0 Å². The first-order valence-electron chi connectivity index (χ1n) is 8.30. The molecule has 0 saturated carbocycles. The Morgan fingerprint density at radius 3 is 2.63 bits per heavy atom. The molecule has 0 aliphatic carbocycles. The van der Waals surface area contributed by atoms with Crippen LogP contribution in [0.5, 0.6) is 5.75 Å². The summed E-state index contributed by atoms with van der Waals surface area (Å²) in [5.41, 5.74) is 2.33. The van der Waals surface area contributed by atoms with Crippen molar-refractivity contribution in [3.8, 4) is 28.4 Å². The van der Waals surface area contributed by atoms with Gasteiger partial charge in [-0.15, -0.1) is 0 Å². The molecule has 0 radical (unpaired) electrons. The average Bonchev–Trinajstić information content (AvgIpc) is 2.73. The zero-order chi connectivity index (χ0) is 18.8. The first kappa shape index (κ1) is 16.8. The highest BCUT2D eigenvalue weighted by Gasteiger charge is 2.16. The highest BCUT2D eigenvalue weighted by Crippen LogP contribution is 2.36. The Hall–Kier alpha value is -3.61. The van der Waals surface area contributed by atoms with Crippen molar-refractivity contribution in [2.45, 2.75) is 0 Å². The molecule has 0 atom stereocenters. The lowest BCUT2D eigenvalue weighted by molar-refractivity contribution is 0.419. The summed E-state index contributed by atoms with van der Waals surface area (Å²) in [5.74, 6) is 1.24. The van der Waals surface area contributed by atoms with Crippen LogP contribution >= 0.6 is 0 Å². The summed E-state index contributed by atoms with van der Waals surface area (Å²) in [7, 11) is 3.33. The molecule has 0 spiro atoms. The number of aromatic nitrogens is 4. The lowest BCUT2D eigenvalue weighted by Crippen LogP contribution is -2.01. The van der Waals surface area contributed by atoms with Crippen molar-refractivity contribution < 1.29 is 9.13 Å². The van der Waals surface area contributed by atoms with Crippen LogP contribution in [-0.2, 0) is 0 Å². The second kappa shape index (κ2) is 6.95. The summed E-state index contributed by atoms with van der Waals surface area (Å²) < 4.78 is 19.8. The van der Waals surface area contributed by atoms with E-state index in [1.165, 1.54) is 6.07 Å². The molecule has 2 aromatic heterocycles. The molecule has 4 rings (SSSR count). The molecular formula is C20H16FN5O. The van der Waals surface area contributed by atoms with Gasteiger partial charge in [-0.05, 0) is 23.8 Å². The van der Waals surface area contributed by atoms with Gasteiger partial charge >= 0.3 is 0 Å². The van der Waals surface area contributed by atoms with Crippen LogP contribution < -0.4 is 10.1 Å². The van der Waals surface area contributed by atoms with E-state index in [0.717, 1.165) is 5.39 Å². The Morgan fingerprint density at radius 1 is 1.07 bits per heavy atom. The zero-order valence-electron chi connectivity index (χ0n) is 14.8. The van der Waals surface area contributed by atoms with Gasteiger partial charge in [0, 0.05) is 30.4 Å². The fourth-order valence-electron chi connectivity index (χ4n) is 2.93. The smallest absolute Gasteiger partial charge is 0.182 e. The molecule has 1 N–H and O–H groups in total. The van der Waals surface area contributed by atoms with Crippen molar-refractivity contribution in [2.24, 2.45) is 0 Å². The Kier molecular flexibility index (Phi) is 4.33. The summed E-state index contributed by atoms with van der Waals surface area (Å²) in [6, 6.07) is 10.2. The molecule has 0 amide bonds. The summed E-state index contributed by atoms with van der Waals surface area (Å²) in [6.45, 7) is 0. The van der Waals surface area contributed by atoms with Crippen LogP contribution in [0.1, 0.15) is 0 Å². The maximum Gasteiger partial charge on any atom is 0.182 e. The van der Waals surface area contributed by atoms with Crippen LogP contribution in [0.3, 0.4) is 0 Å². The van der Waals surface area contributed by atoms with Crippen molar-refractivity contribution >= 4 is 16.7 Å². The highest BCUT2D eigenvalue weighted by atomic mass is 19.1. The van der Waals surface area contributed by atoms with Crippen LogP contribution in [0.4, 0.5) is 10.2 Å². The maximum atomic E-state index is 14.3. The average molecular weight is 361 g/mol. The van der Waals surface area contributed by atoms with Crippen LogP contribution in [0.15, 0.2) is 55.0 Å². The number of rotatable bonds is 4. The normalized spacial score (nSPS) is 10.8. The first-order valence-corrected chi connectivity index (χ1v) is 8.30. The van der Waals surface area contributed by atoms with Crippen molar-refractivity contribution in [1.82, 2.24) is 19.9 Å². The van der Waals surface area contributed by atoms with Gasteiger partial charge in [0.1, 0.15) is 28.6 Å². The second-order valence-corrected chi connectivity index (χ2v) is 5.79. The number of ether oxygens (including phenoxy) is 1. The number of hydrogen-bond donors (Lipinski definition) is 1. The molecule has 0 saturated heterocycles. The third-order valence-corrected chi connectivity index (χ3v) is 4.20. The van der Waals surface area contributed by atoms with Gasteiger partial charge in [-0.1, -0.05) is 18.2 Å². The molecule has 0 bridgehead atoms. The van der Waals surface area contributed by atoms with Crippen LogP contribution in [-0.4, -0.2) is 34.1 Å². The topological polar surface area (TPSA) is 72.8 Å². The Morgan fingerprint density at radius 2 is 1.93 bits per heavy atom. The monoisotopic (exact) mass is 361 g/mol. The molecule has 7 heteroatoms. The van der Waals surface area contributed by atoms with Crippen molar-refractivity contribution in [2.75, 3.05) is 19.5 Å². The minimum atomic E-state index is -0.304. The minimum Gasteiger partial charge on any atom is -0.494 e. The van der Waals surface area contributed by atoms with Crippen molar-refractivity contribution in [3.05, 3.63) is 60.8 Å². The van der Waals surface area contributed by atoms with E-state index in [0.29, 0.717) is 39.7 Å². The number of nitrogens with zero attached hydrogens (tertiary/aromatic N) is 4. The van der Waals surface area contributed by atoms with E-state index in [1.54, 1.807) is 57.0 Å². The third-order valence-electron chi connectivity index (χ3n) is 4.20. The molecule has 0 aliphatic rings. The molecule has 4 aromatic rings. The number of hydrogen-bond acceptors (Lipinski definition) is 6. The molecule has 0 aliphatic heterocycles. The lowest BCUT2D eigenvalue weighted by Gasteiger charge is -2.13. The SMILES string of the molecule is CNc1nc(-c2cnccn2)nc2c(OC)cc(-c3ccccc3F)cc12. The van der Waals surface area contributed by atoms with Gasteiger partial charge in [-0.25, -0.2) is 19.3 Å². The van der Waals surface area contributed by atoms with E-state index in [1.807, 2.05) is 6.07 Å². The summed E-state index contributed by atoms with van der Waals surface area (Å²) in [4.78, 5) is 17.5. The molecular weight excluding hydrogens is 345 g/mol. The molecule has 27 heavy (non-hydrogen) atoms. The molecule has 134 valence electrons. The van der Waals surface area contributed by atoms with E-state index in [-0.39, 0.29) is 5.82 Å². The van der Waals surface area contributed by atoms with Gasteiger partial charge in [0.05, 0.1) is 13.3 Å². The zero-order valence-corrected chi connectivity index (χ0v) is 14.8. The van der Waals surface area contributed by atoms with E-state index in [2.05, 4.69) is 25.3 Å². The molecule has 2 heterocycles. The fraction of sp³-hybridized carbons (Fsp3) is 0.100. The number of fused-ring (bicyclic) bond motifs is 1. The van der Waals surface area contributed by atoms with Gasteiger partial charge < -0.3 is 10.1 Å². The standard InChI is InChI=1S/C20H16FN5O/c1-22-19-14-9-12(13-5-3-4-6-15(13)21)10-17(27-2)18(14)25-20(26-19)16-11-23-7-8-24-16/h3-11H,1-2H3,(H,22,25,26). The van der Waals surface area contributed by atoms with E-state index in [9.17, 15) is 4.39 Å². The van der Waals surface area contributed by atoms with Crippen molar-refractivity contribution in [3.63, 3.8) is 0 Å². The predicted molar refractivity (Wildman–Crippen MR) is 102 cm³/mol. The number of halogens is 1. The number of nitrogens with one attached hydrogen (secondary N) is 1. The summed E-state index contributed by atoms with van der Waals surface area (Å²) in [5, 5.41) is 3.80. The molecule has 2 aromatic carbocycles. The highest BCUT2D eigenvalue weighted by molar-refractivity contribution is 5.97. The van der Waals surface area contributed by atoms with Crippen molar-refractivity contribution in [1.29, 1.82) is 0 Å². The van der Waals surface area contributed by atoms with Crippen LogP contribution in [0.2, 0.25) is 0 Å². The lowest BCUT2D eigenvalue weighted by atomic mass is 10.0. The van der Waals surface area contributed by atoms with Gasteiger partial charge in [0.15, 0.2) is 5.82 Å². The molecule has 0 unspecified atom stereocenters. The number of benzene rings is 2. The Bertz CT molecular complexity index is 1120. The maximum absolute atomic E-state index is 14.3. The minimum absolute atomic E-state index is 0.304. The largest absolute Gasteiger partial charge is 0.494 e. The fourth-order valence-corrected chi connectivity index (χ4v) is 2.93. The van der Waals surface area contributed by atoms with Crippen LogP contribution in [0.25, 0.3) is 33.5 Å². The van der Waals surface area contributed by atoms with E-state index >= 15 is 0 Å². The van der Waals surface area contributed by atoms with Gasteiger partial charge in [-0.3, -0.25) is 4.98 Å². The number of methoxy groups -OCH3 is 1. The quantitative estimate of drug-likeness (QED) is 0.593. The summed E-state index contributed by atoms with van der Waals surface area (Å²) in [6.07, 6.45) is 4.77. The Balaban J connectivity index is 1.99. The van der Waals surface area contributed by atoms with Gasteiger partial charge in [0.2, 0.25) is 0 Å². The van der Waals surface area contributed by atoms with E-state index in [4.69, 9.17) is 4.74 Å². The molecule has 6 nitrogen and oxygen atoms in total. The predicted octanol–water partition coefficient (Wildman–Crippen LogP) is 3.94. The number of anilines is 1. The second-order valence-electron chi connectivity index (χ2n) is 5.79. The molecule has 0 fully saturated rings. The first-order chi connectivity index (χ1) is 13.2. The van der Waals surface area contributed by atoms with Gasteiger partial charge in [0.25, 0.3) is 0 Å².